The van der Waals surface area contributed by atoms with Gasteiger partial charge in [-0.15, -0.1) is 0 Å². The second-order valence-electron chi connectivity index (χ2n) is 7.26. The second kappa shape index (κ2) is 8.17. The van der Waals surface area contributed by atoms with Gasteiger partial charge in [0.2, 0.25) is 11.8 Å². The van der Waals surface area contributed by atoms with E-state index in [1.807, 2.05) is 23.1 Å². The van der Waals surface area contributed by atoms with E-state index in [4.69, 9.17) is 14.2 Å². The molecule has 1 aromatic carbocycles. The smallest absolute Gasteiger partial charge is 0.248 e. The minimum atomic E-state index is -0.465. The van der Waals surface area contributed by atoms with Gasteiger partial charge in [-0.3, -0.25) is 9.59 Å². The molecule has 2 heterocycles. The van der Waals surface area contributed by atoms with Crippen LogP contribution in [0.1, 0.15) is 24.8 Å². The van der Waals surface area contributed by atoms with E-state index in [1.165, 1.54) is 7.11 Å². The van der Waals surface area contributed by atoms with Crippen LogP contribution in [0, 0.1) is 5.41 Å². The monoisotopic (exact) mass is 376 g/mol. The Morgan fingerprint density at radius 2 is 1.96 bits per heavy atom. The number of carbonyl (C=O) groups excluding carboxylic acids is 2. The molecule has 2 aliphatic rings. The van der Waals surface area contributed by atoms with E-state index in [2.05, 4.69) is 0 Å². The van der Waals surface area contributed by atoms with Crippen molar-refractivity contribution in [1.29, 1.82) is 0 Å². The summed E-state index contributed by atoms with van der Waals surface area (Å²) < 4.78 is 15.8. The quantitative estimate of drug-likeness (QED) is 0.756. The summed E-state index contributed by atoms with van der Waals surface area (Å²) in [7, 11) is 4.72. The molecule has 2 aliphatic heterocycles. The number of ether oxygens (including phenoxy) is 3. The fourth-order valence-electron chi connectivity index (χ4n) is 4.27. The van der Waals surface area contributed by atoms with E-state index in [-0.39, 0.29) is 18.4 Å². The maximum Gasteiger partial charge on any atom is 0.248 e. The molecule has 0 unspecified atom stereocenters. The van der Waals surface area contributed by atoms with Crippen molar-refractivity contribution < 1.29 is 23.8 Å². The van der Waals surface area contributed by atoms with Crippen LogP contribution in [-0.2, 0) is 20.9 Å². The summed E-state index contributed by atoms with van der Waals surface area (Å²) in [4.78, 5) is 29.1. The maximum absolute atomic E-state index is 13.3. The number of likely N-dealkylation sites (tertiary alicyclic amines) is 2. The van der Waals surface area contributed by atoms with Crippen LogP contribution in [0.25, 0.3) is 0 Å². The van der Waals surface area contributed by atoms with Crippen molar-refractivity contribution in [2.45, 2.75) is 25.8 Å². The molecule has 0 aromatic heterocycles. The average Bonchev–Trinajstić information content (AvgIpc) is 3.10. The van der Waals surface area contributed by atoms with Gasteiger partial charge in [-0.05, 0) is 25.3 Å². The Balaban J connectivity index is 1.76. The van der Waals surface area contributed by atoms with Crippen molar-refractivity contribution in [3.05, 3.63) is 23.8 Å². The molecule has 0 aliphatic carbocycles. The van der Waals surface area contributed by atoms with Gasteiger partial charge >= 0.3 is 0 Å². The molecule has 27 heavy (non-hydrogen) atoms. The topological polar surface area (TPSA) is 68.3 Å². The van der Waals surface area contributed by atoms with Crippen LogP contribution in [0.3, 0.4) is 0 Å². The number of nitrogens with zero attached hydrogens (tertiary/aromatic N) is 2. The number of methoxy groups -OCH3 is 3. The van der Waals surface area contributed by atoms with Crippen molar-refractivity contribution in [3.63, 3.8) is 0 Å². The average molecular weight is 376 g/mol. The Morgan fingerprint density at radius 1 is 1.15 bits per heavy atom. The van der Waals surface area contributed by atoms with E-state index >= 15 is 0 Å². The minimum Gasteiger partial charge on any atom is -0.493 e. The maximum atomic E-state index is 13.3. The summed E-state index contributed by atoms with van der Waals surface area (Å²) in [5, 5.41) is 0. The molecule has 148 valence electrons. The Labute approximate surface area is 160 Å². The van der Waals surface area contributed by atoms with Gasteiger partial charge in [-0.1, -0.05) is 12.1 Å². The molecule has 0 saturated carbocycles. The largest absolute Gasteiger partial charge is 0.493 e. The lowest BCUT2D eigenvalue weighted by Crippen LogP contribution is -2.50. The molecule has 0 bridgehead atoms. The summed E-state index contributed by atoms with van der Waals surface area (Å²) in [5.41, 5.74) is 0.459. The molecule has 1 aromatic rings. The summed E-state index contributed by atoms with van der Waals surface area (Å²) in [6, 6.07) is 5.71. The molecule has 2 fully saturated rings. The second-order valence-corrected chi connectivity index (χ2v) is 7.26. The van der Waals surface area contributed by atoms with Crippen LogP contribution >= 0.6 is 0 Å². The van der Waals surface area contributed by atoms with Crippen molar-refractivity contribution in [2.24, 2.45) is 5.41 Å². The number of benzene rings is 1. The van der Waals surface area contributed by atoms with Gasteiger partial charge in [0, 0.05) is 38.9 Å². The normalized spacial score (nSPS) is 22.4. The molecule has 2 amide bonds. The molecule has 1 spiro atoms. The van der Waals surface area contributed by atoms with Crippen LogP contribution in [-0.4, -0.2) is 69.2 Å². The molecular formula is C20H28N2O5. The molecule has 3 rings (SSSR count). The molecule has 7 nitrogen and oxygen atoms in total. The van der Waals surface area contributed by atoms with Crippen LogP contribution < -0.4 is 9.47 Å². The standard InChI is InChI=1S/C20H28N2O5/c1-25-13-17(23)22-11-9-20(14-22)8-5-10-21(19(20)24)12-15-6-4-7-16(26-2)18(15)27-3/h4,6-7H,5,8-14H2,1-3H3/t20-/m1/s1. The SMILES string of the molecule is COCC(=O)N1CC[C@]2(CCCN(Cc3cccc(OC)c3OC)C2=O)C1. The molecule has 1 atom stereocenters. The molecule has 7 heteroatoms. The highest BCUT2D eigenvalue weighted by atomic mass is 16.5. The molecule has 0 N–H and O–H groups in total. The third-order valence-electron chi connectivity index (χ3n) is 5.64. The number of hydrogen-bond donors (Lipinski definition) is 0. The van der Waals surface area contributed by atoms with Gasteiger partial charge in [0.1, 0.15) is 6.61 Å². The minimum absolute atomic E-state index is 0.0474. The lowest BCUT2D eigenvalue weighted by molar-refractivity contribution is -0.147. The van der Waals surface area contributed by atoms with Crippen molar-refractivity contribution in [3.8, 4) is 11.5 Å². The zero-order chi connectivity index (χ0) is 19.4. The number of para-hydroxylation sites is 1. The van der Waals surface area contributed by atoms with Gasteiger partial charge in [0.05, 0.1) is 19.6 Å². The van der Waals surface area contributed by atoms with Gasteiger partial charge in [-0.25, -0.2) is 0 Å². The fourth-order valence-corrected chi connectivity index (χ4v) is 4.27. The first-order valence-electron chi connectivity index (χ1n) is 9.30. The van der Waals surface area contributed by atoms with Gasteiger partial charge in [0.25, 0.3) is 0 Å². The van der Waals surface area contributed by atoms with Gasteiger partial charge in [0.15, 0.2) is 11.5 Å². The zero-order valence-corrected chi connectivity index (χ0v) is 16.3. The molecule has 0 radical (unpaired) electrons. The highest BCUT2D eigenvalue weighted by molar-refractivity contribution is 5.86. The number of carbonyl (C=O) groups is 2. The predicted octanol–water partition coefficient (Wildman–Crippen LogP) is 1.69. The van der Waals surface area contributed by atoms with Crippen molar-refractivity contribution >= 4 is 11.8 Å². The Hall–Kier alpha value is -2.28. The highest BCUT2D eigenvalue weighted by Gasteiger charge is 2.49. The van der Waals surface area contributed by atoms with E-state index in [1.54, 1.807) is 19.1 Å². The fraction of sp³-hybridized carbons (Fsp3) is 0.600. The first-order chi connectivity index (χ1) is 13.0. The number of amides is 2. The van der Waals surface area contributed by atoms with E-state index in [9.17, 15) is 9.59 Å². The lowest BCUT2D eigenvalue weighted by atomic mass is 9.78. The van der Waals surface area contributed by atoms with E-state index in [0.29, 0.717) is 44.1 Å². The van der Waals surface area contributed by atoms with Gasteiger partial charge < -0.3 is 24.0 Å². The lowest BCUT2D eigenvalue weighted by Gasteiger charge is -2.39. The highest BCUT2D eigenvalue weighted by Crippen LogP contribution is 2.41. The Bertz CT molecular complexity index is 708. The summed E-state index contributed by atoms with van der Waals surface area (Å²) in [6.45, 7) is 2.36. The predicted molar refractivity (Wildman–Crippen MR) is 99.7 cm³/mol. The zero-order valence-electron chi connectivity index (χ0n) is 16.3. The van der Waals surface area contributed by atoms with E-state index in [0.717, 1.165) is 18.4 Å². The van der Waals surface area contributed by atoms with Crippen LogP contribution in [0.4, 0.5) is 0 Å². The van der Waals surface area contributed by atoms with Crippen molar-refractivity contribution in [2.75, 3.05) is 47.6 Å². The summed E-state index contributed by atoms with van der Waals surface area (Å²) in [5.74, 6) is 1.40. The van der Waals surface area contributed by atoms with Crippen LogP contribution in [0.15, 0.2) is 18.2 Å². The van der Waals surface area contributed by atoms with Crippen LogP contribution in [0.5, 0.6) is 11.5 Å². The summed E-state index contributed by atoms with van der Waals surface area (Å²) >= 11 is 0. The van der Waals surface area contributed by atoms with Crippen molar-refractivity contribution in [1.82, 2.24) is 9.80 Å². The van der Waals surface area contributed by atoms with E-state index < -0.39 is 5.41 Å². The first-order valence-corrected chi connectivity index (χ1v) is 9.30. The molecular weight excluding hydrogens is 348 g/mol. The number of piperidine rings is 1. The summed E-state index contributed by atoms with van der Waals surface area (Å²) in [6.07, 6.45) is 2.48. The number of hydrogen-bond acceptors (Lipinski definition) is 5. The Kier molecular flexibility index (Phi) is 5.89. The number of rotatable bonds is 6. The third-order valence-corrected chi connectivity index (χ3v) is 5.64. The first kappa shape index (κ1) is 19.5. The molecule has 2 saturated heterocycles. The van der Waals surface area contributed by atoms with Gasteiger partial charge in [-0.2, -0.15) is 0 Å². The Morgan fingerprint density at radius 3 is 2.67 bits per heavy atom. The van der Waals surface area contributed by atoms with Crippen LogP contribution in [0.2, 0.25) is 0 Å². The third kappa shape index (κ3) is 3.74.